The van der Waals surface area contributed by atoms with Crippen molar-refractivity contribution in [3.05, 3.63) is 419 Å². The molecule has 0 aliphatic carbocycles. The standard InChI is InChI=1S/C62H37N5.C56H32N4S/c1-2-18-44(19-3-1)67-57-30-28-40(38-14-12-16-42(32-38)55-36-63-59-49-24-8-4-20-45(49)47-22-6-10-26-51(47)61(59)65-55)34-53(57)54-35-41(29-31-58(54)67)39-15-13-17-43(33-39)56-37-64-60-50-25-9-5-21-46(50)48-23-7-11-27-52(48)62(60)66-56;1-5-13-43-39(9-1)41-11-3-7-15-45(41)55-53(43)57-31-49(59-55)35-21-17-33(18-22-35)37-25-27-51-47(29-37)48-30-38(26-28-52(48)61-51)34-19-23-36(24-20-34)50-32-58-54-44-14-6-2-10-40(44)42-12-4-8-16-46(42)56(54)60-50/h1-37H;1-32H. The van der Waals surface area contributed by atoms with E-state index in [0.29, 0.717) is 0 Å². The van der Waals surface area contributed by atoms with Crippen molar-refractivity contribution >= 4 is 184 Å². The highest BCUT2D eigenvalue weighted by atomic mass is 32.1. The minimum Gasteiger partial charge on any atom is -0.309 e. The summed E-state index contributed by atoms with van der Waals surface area (Å²) in [5, 5.41) is 23.4. The average Bonchev–Trinajstić information content (AvgIpc) is 1.64. The maximum absolute atomic E-state index is 5.31. The van der Waals surface area contributed by atoms with Crippen LogP contribution < -0.4 is 0 Å². The summed E-state index contributed by atoms with van der Waals surface area (Å²) < 4.78 is 4.94. The number of fused-ring (bicyclic) bond motifs is 30. The zero-order valence-corrected chi connectivity index (χ0v) is 69.6. The second-order valence-corrected chi connectivity index (χ2v) is 34.2. The van der Waals surface area contributed by atoms with Crippen molar-refractivity contribution in [2.24, 2.45) is 0 Å². The summed E-state index contributed by atoms with van der Waals surface area (Å²) in [5.74, 6) is 0. The molecule has 0 unspecified atom stereocenters. The van der Waals surface area contributed by atoms with Gasteiger partial charge < -0.3 is 4.57 Å². The molecule has 0 amide bonds. The molecule has 9 nitrogen and oxygen atoms in total. The van der Waals surface area contributed by atoms with Crippen LogP contribution in [0.15, 0.2) is 419 Å². The van der Waals surface area contributed by atoms with Crippen LogP contribution in [0.1, 0.15) is 0 Å². The molecule has 592 valence electrons. The Labute approximate surface area is 737 Å². The maximum atomic E-state index is 5.31. The lowest BCUT2D eigenvalue weighted by Crippen LogP contribution is -1.93. The molecule has 0 aliphatic heterocycles. The first-order chi connectivity index (χ1) is 63.4. The van der Waals surface area contributed by atoms with Gasteiger partial charge in [-0.25, -0.2) is 19.9 Å². The minimum absolute atomic E-state index is 0.847. The van der Waals surface area contributed by atoms with E-state index < -0.39 is 0 Å². The van der Waals surface area contributed by atoms with E-state index in [-0.39, 0.29) is 0 Å². The van der Waals surface area contributed by atoms with Gasteiger partial charge in [-0.1, -0.05) is 322 Å². The molecule has 21 aromatic carbocycles. The summed E-state index contributed by atoms with van der Waals surface area (Å²) in [6.07, 6.45) is 7.67. The fraction of sp³-hybridized carbons (Fsp3) is 0. The van der Waals surface area contributed by atoms with Crippen LogP contribution in [0.5, 0.6) is 0 Å². The largest absolute Gasteiger partial charge is 0.309 e. The molecule has 0 bridgehead atoms. The van der Waals surface area contributed by atoms with Gasteiger partial charge in [0.25, 0.3) is 0 Å². The van der Waals surface area contributed by atoms with Crippen LogP contribution >= 0.6 is 11.3 Å². The van der Waals surface area contributed by atoms with Gasteiger partial charge in [0.15, 0.2) is 0 Å². The van der Waals surface area contributed by atoms with Crippen LogP contribution in [0.25, 0.3) is 268 Å². The number of thiophene rings is 1. The topological polar surface area (TPSA) is 108 Å². The Morgan fingerprint density at radius 3 is 0.711 bits per heavy atom. The van der Waals surface area contributed by atoms with Crippen LogP contribution in [0.3, 0.4) is 0 Å². The Balaban J connectivity index is 0.000000136. The zero-order chi connectivity index (χ0) is 84.0. The summed E-state index contributed by atoms with van der Waals surface area (Å²) in [4.78, 5) is 41.1. The molecule has 6 aromatic heterocycles. The number of benzene rings is 21. The van der Waals surface area contributed by atoms with E-state index >= 15 is 0 Å². The monoisotopic (exact) mass is 1640 g/mol. The zero-order valence-electron chi connectivity index (χ0n) is 68.8. The lowest BCUT2D eigenvalue weighted by molar-refractivity contribution is 1.18. The van der Waals surface area contributed by atoms with Gasteiger partial charge in [-0.05, 0) is 160 Å². The highest BCUT2D eigenvalue weighted by molar-refractivity contribution is 7.25. The molecule has 27 aromatic rings. The predicted molar refractivity (Wildman–Crippen MR) is 536 cm³/mol. The van der Waals surface area contributed by atoms with Crippen LogP contribution in [0, 0.1) is 0 Å². The normalized spacial score (nSPS) is 11.9. The van der Waals surface area contributed by atoms with Crippen molar-refractivity contribution in [1.29, 1.82) is 0 Å². The molecule has 0 atom stereocenters. The molecule has 0 spiro atoms. The van der Waals surface area contributed by atoms with E-state index in [1.165, 1.54) is 96.3 Å². The number of nitrogens with zero attached hydrogens (tertiary/aromatic N) is 9. The highest BCUT2D eigenvalue weighted by Crippen LogP contribution is 2.45. The number of aromatic nitrogens is 9. The van der Waals surface area contributed by atoms with E-state index in [4.69, 9.17) is 39.9 Å². The highest BCUT2D eigenvalue weighted by Gasteiger charge is 2.22. The Bertz CT molecular complexity index is 8690. The third kappa shape index (κ3) is 11.9. The van der Waals surface area contributed by atoms with Crippen molar-refractivity contribution in [3.8, 4) is 95.2 Å². The van der Waals surface area contributed by atoms with E-state index in [0.717, 1.165) is 171 Å². The Morgan fingerprint density at radius 1 is 0.156 bits per heavy atom. The fourth-order valence-electron chi connectivity index (χ4n) is 19.8. The molecular formula is C118H69N9S. The van der Waals surface area contributed by atoms with Crippen molar-refractivity contribution in [1.82, 2.24) is 44.4 Å². The van der Waals surface area contributed by atoms with Crippen LogP contribution in [-0.2, 0) is 0 Å². The van der Waals surface area contributed by atoms with Crippen molar-refractivity contribution in [2.75, 3.05) is 0 Å². The maximum Gasteiger partial charge on any atom is 0.0979 e. The molecule has 0 saturated carbocycles. The minimum atomic E-state index is 0.847. The van der Waals surface area contributed by atoms with Gasteiger partial charge >= 0.3 is 0 Å². The number of rotatable bonds is 9. The molecular weight excluding hydrogens is 1580 g/mol. The van der Waals surface area contributed by atoms with Gasteiger partial charge in [0.05, 0.1) is 103 Å². The van der Waals surface area contributed by atoms with Gasteiger partial charge in [-0.2, -0.15) is 0 Å². The first-order valence-corrected chi connectivity index (χ1v) is 44.0. The molecule has 0 fully saturated rings. The van der Waals surface area contributed by atoms with Gasteiger partial charge in [0, 0.05) is 102 Å². The quantitative estimate of drug-likeness (QED) is 0.132. The van der Waals surface area contributed by atoms with Gasteiger partial charge in [-0.15, -0.1) is 11.3 Å². The van der Waals surface area contributed by atoms with E-state index in [2.05, 4.69) is 399 Å². The molecule has 10 heteroatoms. The summed E-state index contributed by atoms with van der Waals surface area (Å²) in [7, 11) is 0. The molecule has 0 saturated heterocycles. The molecule has 6 heterocycles. The third-order valence-corrected chi connectivity index (χ3v) is 27.1. The van der Waals surface area contributed by atoms with Gasteiger partial charge in [0.2, 0.25) is 0 Å². The van der Waals surface area contributed by atoms with Crippen LogP contribution in [0.2, 0.25) is 0 Å². The Kier molecular flexibility index (Phi) is 16.7. The molecule has 27 rings (SSSR count). The second kappa shape index (κ2) is 29.4. The number of hydrogen-bond acceptors (Lipinski definition) is 9. The predicted octanol–water partition coefficient (Wildman–Crippen LogP) is 31.2. The number of hydrogen-bond donors (Lipinski definition) is 0. The lowest BCUT2D eigenvalue weighted by atomic mass is 9.97. The molecule has 0 aliphatic rings. The first kappa shape index (κ1) is 72.7. The van der Waals surface area contributed by atoms with Crippen LogP contribution in [0.4, 0.5) is 0 Å². The SMILES string of the molecule is c1ccc(-n2c3ccc(-c4cccc(-c5cnc6c7ccccc7c7ccccc7c6n5)c4)cc3c3cc(-c4cccc(-c5cnc6c7ccccc7c7ccccc7c6n5)c4)ccc32)cc1.c1ccc2c(c1)c1ccccc1c1nc(-c3ccc(-c4ccc5sc6ccc(-c7ccc(-c8cnc9c%10ccccc%10c%10ccccc%10c9n8)cc7)cc6c5c4)cc3)cnc21. The van der Waals surface area contributed by atoms with Gasteiger partial charge in [-0.3, -0.25) is 19.9 Å². The van der Waals surface area contributed by atoms with Crippen molar-refractivity contribution in [2.45, 2.75) is 0 Å². The van der Waals surface area contributed by atoms with Crippen LogP contribution in [-0.4, -0.2) is 44.4 Å². The Morgan fingerprint density at radius 2 is 0.391 bits per heavy atom. The number of para-hydroxylation sites is 1. The summed E-state index contributed by atoms with van der Waals surface area (Å²) in [6.45, 7) is 0. The molecule has 0 radical (unpaired) electrons. The first-order valence-electron chi connectivity index (χ1n) is 43.2. The summed E-state index contributed by atoms with van der Waals surface area (Å²) in [5.41, 5.74) is 27.6. The van der Waals surface area contributed by atoms with Gasteiger partial charge in [0.1, 0.15) is 0 Å². The molecule has 0 N–H and O–H groups in total. The van der Waals surface area contributed by atoms with E-state index in [9.17, 15) is 0 Å². The molecule has 128 heavy (non-hydrogen) atoms. The second-order valence-electron chi connectivity index (χ2n) is 33.1. The summed E-state index contributed by atoms with van der Waals surface area (Å²) >= 11 is 1.84. The smallest absolute Gasteiger partial charge is 0.0979 e. The average molecular weight is 1640 g/mol. The Hall–Kier alpha value is -16.9. The van der Waals surface area contributed by atoms with E-state index in [1.807, 2.05) is 36.1 Å². The van der Waals surface area contributed by atoms with Crippen molar-refractivity contribution < 1.29 is 0 Å². The van der Waals surface area contributed by atoms with E-state index in [1.54, 1.807) is 0 Å². The third-order valence-electron chi connectivity index (χ3n) is 26.0. The fourth-order valence-corrected chi connectivity index (χ4v) is 20.9. The lowest BCUT2D eigenvalue weighted by Gasteiger charge is -2.11. The van der Waals surface area contributed by atoms with Crippen molar-refractivity contribution in [3.63, 3.8) is 0 Å². The summed E-state index contributed by atoms with van der Waals surface area (Å²) in [6, 6.07) is 141.